The number of nitrogens with zero attached hydrogens (tertiary/aromatic N) is 2. The lowest BCUT2D eigenvalue weighted by atomic mass is 9.32. The van der Waals surface area contributed by atoms with Crippen LogP contribution >= 0.6 is 0 Å². The van der Waals surface area contributed by atoms with Gasteiger partial charge in [0.05, 0.1) is 5.69 Å². The summed E-state index contributed by atoms with van der Waals surface area (Å²) < 4.78 is 0. The Bertz CT molecular complexity index is 2150. The lowest BCUT2D eigenvalue weighted by molar-refractivity contribution is -0.0419. The van der Waals surface area contributed by atoms with Crippen molar-refractivity contribution in [3.05, 3.63) is 125 Å². The van der Waals surface area contributed by atoms with E-state index < -0.39 is 0 Å². The number of para-hydroxylation sites is 2. The van der Waals surface area contributed by atoms with Gasteiger partial charge in [0.1, 0.15) is 0 Å². The molecule has 49 heavy (non-hydrogen) atoms. The van der Waals surface area contributed by atoms with Gasteiger partial charge in [-0.2, -0.15) is 0 Å². The molecule has 12 rings (SSSR count). The van der Waals surface area contributed by atoms with Crippen LogP contribution < -0.4 is 26.2 Å². The molecule has 2 nitrogen and oxygen atoms in total. The smallest absolute Gasteiger partial charge is 0.252 e. The van der Waals surface area contributed by atoms with Crippen molar-refractivity contribution in [1.29, 1.82) is 0 Å². The van der Waals surface area contributed by atoms with Crippen molar-refractivity contribution in [3.8, 4) is 0 Å². The maximum Gasteiger partial charge on any atom is 0.252 e. The molecule has 0 N–H and O–H groups in total. The Balaban J connectivity index is 1.20. The highest BCUT2D eigenvalue weighted by atomic mass is 15.2. The van der Waals surface area contributed by atoms with Crippen LogP contribution in [0.5, 0.6) is 0 Å². The molecule has 7 aliphatic rings. The first-order chi connectivity index (χ1) is 23.9. The minimum Gasteiger partial charge on any atom is -0.311 e. The second-order valence-corrected chi connectivity index (χ2v) is 17.0. The van der Waals surface area contributed by atoms with E-state index in [1.807, 2.05) is 0 Å². The van der Waals surface area contributed by atoms with Crippen molar-refractivity contribution in [2.24, 2.45) is 23.7 Å². The predicted molar refractivity (Wildman–Crippen MR) is 206 cm³/mol. The van der Waals surface area contributed by atoms with Crippen LogP contribution in [-0.2, 0) is 5.41 Å². The molecule has 0 saturated heterocycles. The summed E-state index contributed by atoms with van der Waals surface area (Å²) in [7, 11) is 0. The molecule has 0 atom stereocenters. The Morgan fingerprint density at radius 1 is 0.551 bits per heavy atom. The molecule has 0 amide bonds. The summed E-state index contributed by atoms with van der Waals surface area (Å²) in [6.45, 7) is 9.42. The third kappa shape index (κ3) is 3.59. The van der Waals surface area contributed by atoms with Crippen LogP contribution in [-0.4, -0.2) is 6.71 Å². The monoisotopic (exact) mass is 636 g/mol. The fraction of sp³-hybridized carbons (Fsp3) is 0.348. The van der Waals surface area contributed by atoms with Gasteiger partial charge in [0.25, 0.3) is 6.71 Å². The minimum absolute atomic E-state index is 0.115. The summed E-state index contributed by atoms with van der Waals surface area (Å²) in [5.74, 6) is 4.31. The SMILES string of the molecule is CC(C)c1ccc(N2c3cc(C(C)C)ccc3B3c4cccc5c4N(c4ccccc4C54C5CC6CC(C5)CC4C6)c4cccc2c43)cc1. The molecule has 4 aliphatic carbocycles. The van der Waals surface area contributed by atoms with Crippen molar-refractivity contribution < 1.29 is 0 Å². The van der Waals surface area contributed by atoms with E-state index in [4.69, 9.17) is 0 Å². The maximum atomic E-state index is 2.71. The topological polar surface area (TPSA) is 6.48 Å². The zero-order chi connectivity index (χ0) is 32.8. The quantitative estimate of drug-likeness (QED) is 0.178. The first-order valence-corrected chi connectivity index (χ1v) is 19.1. The van der Waals surface area contributed by atoms with E-state index in [1.54, 1.807) is 11.1 Å². The highest BCUT2D eigenvalue weighted by molar-refractivity contribution is 7.00. The van der Waals surface area contributed by atoms with Crippen molar-refractivity contribution in [3.63, 3.8) is 0 Å². The molecule has 5 aromatic carbocycles. The zero-order valence-corrected chi connectivity index (χ0v) is 29.3. The van der Waals surface area contributed by atoms with Gasteiger partial charge >= 0.3 is 0 Å². The Morgan fingerprint density at radius 3 is 1.88 bits per heavy atom. The van der Waals surface area contributed by atoms with E-state index in [1.165, 1.54) is 93.7 Å². The Hall–Kier alpha value is -4.24. The van der Waals surface area contributed by atoms with Gasteiger partial charge in [-0.1, -0.05) is 94.4 Å². The van der Waals surface area contributed by atoms with Gasteiger partial charge in [-0.15, -0.1) is 0 Å². The summed E-state index contributed by atoms with van der Waals surface area (Å²) in [5.41, 5.74) is 18.7. The van der Waals surface area contributed by atoms with E-state index in [9.17, 15) is 0 Å². The normalized spacial score (nSPS) is 26.3. The molecule has 1 spiro atoms. The molecule has 4 fully saturated rings. The molecule has 4 bridgehead atoms. The molecule has 242 valence electrons. The number of fused-ring (bicyclic) bond motifs is 6. The molecule has 4 saturated carbocycles. The van der Waals surface area contributed by atoms with Crippen LogP contribution in [0.2, 0.25) is 0 Å². The minimum atomic E-state index is 0.115. The average Bonchev–Trinajstić information content (AvgIpc) is 3.11. The van der Waals surface area contributed by atoms with E-state index in [0.717, 1.165) is 23.7 Å². The average molecular weight is 637 g/mol. The second-order valence-electron chi connectivity index (χ2n) is 17.0. The van der Waals surface area contributed by atoms with E-state index >= 15 is 0 Å². The lowest BCUT2D eigenvalue weighted by Crippen LogP contribution is -2.64. The van der Waals surface area contributed by atoms with Crippen LogP contribution in [0.25, 0.3) is 0 Å². The number of benzene rings is 5. The van der Waals surface area contributed by atoms with Crippen LogP contribution in [0.4, 0.5) is 34.1 Å². The van der Waals surface area contributed by atoms with Crippen LogP contribution in [0.1, 0.15) is 93.9 Å². The molecular formula is C46H45BN2. The van der Waals surface area contributed by atoms with Crippen molar-refractivity contribution >= 4 is 57.2 Å². The largest absolute Gasteiger partial charge is 0.311 e. The molecule has 3 heterocycles. The van der Waals surface area contributed by atoms with Crippen LogP contribution in [0.3, 0.4) is 0 Å². The number of anilines is 6. The Morgan fingerprint density at radius 2 is 1.16 bits per heavy atom. The molecule has 3 heteroatoms. The number of hydrogen-bond donors (Lipinski definition) is 0. The van der Waals surface area contributed by atoms with Crippen molar-refractivity contribution in [1.82, 2.24) is 0 Å². The summed E-state index contributed by atoms with van der Waals surface area (Å²) in [4.78, 5) is 5.28. The summed E-state index contributed by atoms with van der Waals surface area (Å²) in [6, 6.07) is 41.0. The van der Waals surface area contributed by atoms with Gasteiger partial charge in [0.15, 0.2) is 0 Å². The van der Waals surface area contributed by atoms with E-state index in [-0.39, 0.29) is 12.1 Å². The highest BCUT2D eigenvalue weighted by Gasteiger charge is 2.62. The number of hydrogen-bond acceptors (Lipinski definition) is 2. The first kappa shape index (κ1) is 28.6. The molecule has 0 radical (unpaired) electrons. The van der Waals surface area contributed by atoms with Gasteiger partial charge in [-0.25, -0.2) is 0 Å². The fourth-order valence-corrected chi connectivity index (χ4v) is 12.2. The molecule has 3 aliphatic heterocycles. The zero-order valence-electron chi connectivity index (χ0n) is 29.3. The fourth-order valence-electron chi connectivity index (χ4n) is 12.2. The molecular weight excluding hydrogens is 591 g/mol. The summed E-state index contributed by atoms with van der Waals surface area (Å²) >= 11 is 0. The molecule has 5 aromatic rings. The Kier molecular flexibility index (Phi) is 5.80. The molecule has 0 aromatic heterocycles. The second kappa shape index (κ2) is 9.93. The van der Waals surface area contributed by atoms with Gasteiger partial charge in [0, 0.05) is 33.9 Å². The van der Waals surface area contributed by atoms with Gasteiger partial charge < -0.3 is 9.80 Å². The van der Waals surface area contributed by atoms with Crippen molar-refractivity contribution in [2.45, 2.75) is 77.0 Å². The highest BCUT2D eigenvalue weighted by Crippen LogP contribution is 2.69. The van der Waals surface area contributed by atoms with Gasteiger partial charge in [-0.05, 0) is 143 Å². The van der Waals surface area contributed by atoms with Crippen LogP contribution in [0, 0.1) is 23.7 Å². The summed E-state index contributed by atoms with van der Waals surface area (Å²) in [6.07, 6.45) is 7.09. The number of rotatable bonds is 3. The molecule has 0 unspecified atom stereocenters. The Labute approximate surface area is 292 Å². The van der Waals surface area contributed by atoms with Crippen molar-refractivity contribution in [2.75, 3.05) is 9.80 Å². The standard InChI is InChI=1S/C46H45BN2/c1-27(2)31-15-18-35(19-16-31)48-41-13-8-14-42-44(41)47(38-20-17-32(28(3)4)26-43(38)48)39-11-7-10-37-45(39)49(42)40-12-6-5-9-36(40)46(37)33-22-29-21-30(24-33)25-34(46)23-29/h5-20,26-30,33-34H,21-25H2,1-4H3. The lowest BCUT2D eigenvalue weighted by Gasteiger charge is -2.64. The first-order valence-electron chi connectivity index (χ1n) is 19.1. The van der Waals surface area contributed by atoms with E-state index in [2.05, 4.69) is 141 Å². The van der Waals surface area contributed by atoms with Gasteiger partial charge in [-0.3, -0.25) is 0 Å². The van der Waals surface area contributed by atoms with Gasteiger partial charge in [0.2, 0.25) is 0 Å². The third-order valence-electron chi connectivity index (χ3n) is 14.0. The summed E-state index contributed by atoms with van der Waals surface area (Å²) in [5, 5.41) is 0. The maximum absolute atomic E-state index is 2.71. The van der Waals surface area contributed by atoms with Crippen LogP contribution in [0.15, 0.2) is 103 Å². The van der Waals surface area contributed by atoms with E-state index in [0.29, 0.717) is 11.8 Å². The predicted octanol–water partition coefficient (Wildman–Crippen LogP) is 10.1. The third-order valence-corrected chi connectivity index (χ3v) is 14.0.